The lowest BCUT2D eigenvalue weighted by molar-refractivity contribution is -0.143. The Hall–Kier alpha value is -9.22. The van der Waals surface area contributed by atoms with Crippen LogP contribution in [0.2, 0.25) is 0 Å². The van der Waals surface area contributed by atoms with Gasteiger partial charge in [0.1, 0.15) is 48.3 Å². The van der Waals surface area contributed by atoms with Crippen molar-refractivity contribution in [3.05, 3.63) is 72.5 Å². The average molecular weight is 1110 g/mol. The standard InChI is InChI=1S/C50H67N17O13/c1-25(2)12-32(45(75)65-36(16-39(51)69)50(80)67-11-5-8-38(67)49(79)56-20-40(52)70)61-42(72)21-57-43(73)34(14-27-18-53-23-58-27)63-48(78)37(22-68)66-46(76)33(13-26-17-55-30-7-4-3-6-29(26)30)62-47(77)35(15-28-19-54-24-59-28)64-44(74)31-9-10-41(71)60-31/h3-4,6-7,17-19,23-25,31-38,55,68H,5,8-16,20-22H2,1-2H3,(H2,51,69)(H2,52,70)(H,53,58)(H,54,59)(H,56,79)(H,57,73)(H,60,71)(H,61,72)(H,62,77)(H,63,78)(H,64,74)(H,65,75)(H,66,76)/t31-,32-,33-,34-,35-,36-,37-,38-/m0/s1. The fourth-order valence-corrected chi connectivity index (χ4v) is 9.18. The molecule has 12 amide bonds. The van der Waals surface area contributed by atoms with Gasteiger partial charge >= 0.3 is 0 Å². The summed E-state index contributed by atoms with van der Waals surface area (Å²) in [4.78, 5) is 177. The molecule has 2 saturated heterocycles. The van der Waals surface area contributed by atoms with Gasteiger partial charge in [0.15, 0.2) is 0 Å². The molecule has 0 aliphatic carbocycles. The van der Waals surface area contributed by atoms with E-state index in [1.165, 1.54) is 25.0 Å². The van der Waals surface area contributed by atoms with Gasteiger partial charge in [0, 0.05) is 73.1 Å². The Morgan fingerprint density at radius 1 is 0.675 bits per heavy atom. The van der Waals surface area contributed by atoms with Crippen LogP contribution in [0, 0.1) is 5.92 Å². The van der Waals surface area contributed by atoms with E-state index in [0.717, 1.165) is 4.90 Å². The Kier molecular flexibility index (Phi) is 21.3. The first-order chi connectivity index (χ1) is 38.2. The number of aliphatic hydroxyl groups is 1. The number of imidazole rings is 2. The molecule has 2 fully saturated rings. The number of aliphatic hydroxyl groups excluding tert-OH is 1. The van der Waals surface area contributed by atoms with Gasteiger partial charge in [0.25, 0.3) is 0 Å². The molecule has 2 aliphatic rings. The molecule has 4 aromatic rings. The highest BCUT2D eigenvalue weighted by molar-refractivity contribution is 6.00. The Morgan fingerprint density at radius 3 is 1.86 bits per heavy atom. The zero-order chi connectivity index (χ0) is 58.0. The number of primary amides is 2. The Bertz CT molecular complexity index is 2890. The van der Waals surface area contributed by atoms with Crippen LogP contribution in [0.15, 0.2) is 55.5 Å². The second-order valence-corrected chi connectivity index (χ2v) is 19.8. The molecule has 0 saturated carbocycles. The number of aromatic amines is 3. The van der Waals surface area contributed by atoms with Gasteiger partial charge < -0.3 is 84.3 Å². The Labute approximate surface area is 457 Å². The largest absolute Gasteiger partial charge is 0.394 e. The number of nitrogens with one attached hydrogen (secondary N) is 12. The number of amides is 12. The predicted octanol–water partition coefficient (Wildman–Crippen LogP) is -5.55. The van der Waals surface area contributed by atoms with Crippen molar-refractivity contribution < 1.29 is 62.6 Å². The Morgan fingerprint density at radius 2 is 1.27 bits per heavy atom. The molecule has 5 heterocycles. The third-order valence-corrected chi connectivity index (χ3v) is 13.2. The van der Waals surface area contributed by atoms with Gasteiger partial charge in [-0.1, -0.05) is 32.0 Å². The fraction of sp³-hybridized carbons (Fsp3) is 0.480. The van der Waals surface area contributed by atoms with Crippen LogP contribution in [-0.4, -0.2) is 180 Å². The van der Waals surface area contributed by atoms with Gasteiger partial charge in [-0.3, -0.25) is 57.5 Å². The highest BCUT2D eigenvalue weighted by Gasteiger charge is 2.40. The van der Waals surface area contributed by atoms with E-state index in [9.17, 15) is 62.6 Å². The number of benzene rings is 1. The normalized spacial score (nSPS) is 17.1. The number of rotatable bonds is 29. The topological polar surface area (TPSA) is 462 Å². The van der Waals surface area contributed by atoms with E-state index >= 15 is 0 Å². The van der Waals surface area contributed by atoms with Gasteiger partial charge in [-0.2, -0.15) is 0 Å². The summed E-state index contributed by atoms with van der Waals surface area (Å²) in [5.41, 5.74) is 12.7. The van der Waals surface area contributed by atoms with Crippen molar-refractivity contribution in [1.29, 1.82) is 0 Å². The summed E-state index contributed by atoms with van der Waals surface area (Å²) in [6.07, 6.45) is 6.85. The molecule has 6 rings (SSSR count). The minimum absolute atomic E-state index is 0.00753. The number of para-hydroxylation sites is 1. The van der Waals surface area contributed by atoms with Crippen LogP contribution in [0.3, 0.4) is 0 Å². The highest BCUT2D eigenvalue weighted by Crippen LogP contribution is 2.21. The molecule has 2 aliphatic heterocycles. The molecule has 3 aromatic heterocycles. The summed E-state index contributed by atoms with van der Waals surface area (Å²) in [6.45, 7) is 1.32. The number of hydrogen-bond acceptors (Lipinski definition) is 15. The first kappa shape index (κ1) is 60.0. The molecule has 8 atom stereocenters. The molecule has 80 heavy (non-hydrogen) atoms. The summed E-state index contributed by atoms with van der Waals surface area (Å²) in [6, 6.07) is -3.69. The molecule has 0 unspecified atom stereocenters. The third-order valence-electron chi connectivity index (χ3n) is 13.2. The molecule has 30 nitrogen and oxygen atoms in total. The zero-order valence-corrected chi connectivity index (χ0v) is 43.9. The summed E-state index contributed by atoms with van der Waals surface area (Å²) in [5, 5.41) is 33.8. The summed E-state index contributed by atoms with van der Waals surface area (Å²) >= 11 is 0. The minimum Gasteiger partial charge on any atom is -0.394 e. The van der Waals surface area contributed by atoms with Gasteiger partial charge in [0.05, 0.1) is 38.8 Å². The number of hydrogen-bond donors (Lipinski definition) is 15. The molecule has 0 radical (unpaired) electrons. The molecular formula is C50H67N17O13. The van der Waals surface area contributed by atoms with Crippen molar-refractivity contribution in [3.63, 3.8) is 0 Å². The minimum atomic E-state index is -1.74. The lowest BCUT2D eigenvalue weighted by Crippen LogP contribution is -2.60. The van der Waals surface area contributed by atoms with Crippen LogP contribution in [0.5, 0.6) is 0 Å². The Balaban J connectivity index is 1.13. The first-order valence-corrected chi connectivity index (χ1v) is 25.8. The molecule has 0 spiro atoms. The van der Waals surface area contributed by atoms with Gasteiger partial charge in [0.2, 0.25) is 70.9 Å². The molecular weight excluding hydrogens is 1050 g/mol. The van der Waals surface area contributed by atoms with E-state index in [0.29, 0.717) is 34.3 Å². The smallest absolute Gasteiger partial charge is 0.246 e. The predicted molar refractivity (Wildman–Crippen MR) is 280 cm³/mol. The van der Waals surface area contributed by atoms with Crippen molar-refractivity contribution in [2.75, 3.05) is 26.2 Å². The van der Waals surface area contributed by atoms with Crippen molar-refractivity contribution in [1.82, 2.24) is 77.7 Å². The van der Waals surface area contributed by atoms with Gasteiger partial charge in [-0.25, -0.2) is 9.97 Å². The lowest BCUT2D eigenvalue weighted by Gasteiger charge is -2.29. The van der Waals surface area contributed by atoms with Crippen LogP contribution in [0.4, 0.5) is 0 Å². The van der Waals surface area contributed by atoms with Crippen LogP contribution < -0.4 is 59.3 Å². The van der Waals surface area contributed by atoms with Crippen molar-refractivity contribution >= 4 is 81.8 Å². The van der Waals surface area contributed by atoms with Crippen molar-refractivity contribution in [2.24, 2.45) is 17.4 Å². The second kappa shape index (κ2) is 28.4. The van der Waals surface area contributed by atoms with E-state index in [2.05, 4.69) is 72.8 Å². The molecule has 430 valence electrons. The molecule has 30 heteroatoms. The average Bonchev–Trinajstić information content (AvgIpc) is 4.31. The molecule has 1 aromatic carbocycles. The lowest BCUT2D eigenvalue weighted by atomic mass is 10.0. The van der Waals surface area contributed by atoms with Crippen LogP contribution in [0.1, 0.15) is 69.3 Å². The number of nitrogens with two attached hydrogens (primary N) is 2. The zero-order valence-electron chi connectivity index (χ0n) is 43.9. The fourth-order valence-electron chi connectivity index (χ4n) is 9.18. The van der Waals surface area contributed by atoms with Crippen LogP contribution in [-0.2, 0) is 76.8 Å². The second-order valence-electron chi connectivity index (χ2n) is 19.8. The van der Waals surface area contributed by atoms with E-state index in [-0.39, 0.29) is 63.3 Å². The highest BCUT2D eigenvalue weighted by atomic mass is 16.3. The van der Waals surface area contributed by atoms with Crippen molar-refractivity contribution in [3.8, 4) is 0 Å². The maximum Gasteiger partial charge on any atom is 0.246 e. The summed E-state index contributed by atoms with van der Waals surface area (Å²) in [5.74, 6) is -10.0. The van der Waals surface area contributed by atoms with E-state index < -0.39 is 139 Å². The number of fused-ring (bicyclic) bond motifs is 1. The maximum absolute atomic E-state index is 14.3. The molecule has 17 N–H and O–H groups in total. The van der Waals surface area contributed by atoms with Crippen molar-refractivity contribution in [2.45, 2.75) is 120 Å². The third kappa shape index (κ3) is 17.1. The number of aromatic nitrogens is 5. The van der Waals surface area contributed by atoms with Crippen LogP contribution >= 0.6 is 0 Å². The molecule has 0 bridgehead atoms. The number of likely N-dealkylation sites (tertiary alicyclic amines) is 1. The van der Waals surface area contributed by atoms with E-state index in [1.54, 1.807) is 44.3 Å². The van der Waals surface area contributed by atoms with Crippen LogP contribution in [0.25, 0.3) is 10.9 Å². The van der Waals surface area contributed by atoms with E-state index in [1.807, 2.05) is 0 Å². The number of nitrogens with zero attached hydrogens (tertiary/aromatic N) is 3. The number of carbonyl (C=O) groups is 12. The number of carbonyl (C=O) groups excluding carboxylic acids is 12. The van der Waals surface area contributed by atoms with Gasteiger partial charge in [-0.05, 0) is 43.2 Å². The quantitative estimate of drug-likeness (QED) is 0.0241. The summed E-state index contributed by atoms with van der Waals surface area (Å²) in [7, 11) is 0. The first-order valence-electron chi connectivity index (χ1n) is 25.8. The van der Waals surface area contributed by atoms with E-state index in [4.69, 9.17) is 11.5 Å². The van der Waals surface area contributed by atoms with Gasteiger partial charge in [-0.15, -0.1) is 0 Å². The maximum atomic E-state index is 14.3. The SMILES string of the molecule is CC(C)C[C@H](NC(=O)CNC(=O)[C@H](Cc1cnc[nH]1)NC(=O)[C@H](CO)NC(=O)[C@H](Cc1c[nH]c2ccccc12)NC(=O)[C@H](Cc1cnc[nH]1)NC(=O)[C@@H]1CCC(=O)N1)C(=O)N[C@@H](CC(N)=O)C(=O)N1CCC[C@H]1C(=O)NCC(N)=O. The monoisotopic (exact) mass is 1110 g/mol. The number of H-pyrrole nitrogens is 3. The summed E-state index contributed by atoms with van der Waals surface area (Å²) < 4.78 is 0.